The van der Waals surface area contributed by atoms with Gasteiger partial charge in [-0.1, -0.05) is 0 Å². The summed E-state index contributed by atoms with van der Waals surface area (Å²) in [7, 11) is 1.30. The minimum Gasteiger partial charge on any atom is -0.497 e. The molecule has 1 heterocycles. The first-order chi connectivity index (χ1) is 10.5. The van der Waals surface area contributed by atoms with Gasteiger partial charge in [0.25, 0.3) is 0 Å². The Morgan fingerprint density at radius 1 is 1.45 bits per heavy atom. The third kappa shape index (κ3) is 3.10. The van der Waals surface area contributed by atoms with E-state index in [1.165, 1.54) is 7.11 Å². The van der Waals surface area contributed by atoms with Crippen LogP contribution in [0.5, 0.6) is 5.75 Å². The monoisotopic (exact) mass is 314 g/mol. The van der Waals surface area contributed by atoms with Gasteiger partial charge in [-0.15, -0.1) is 0 Å². The topological polar surface area (TPSA) is 80.2 Å². The fraction of sp³-hybridized carbons (Fsp3) is 0.429. The first-order valence-corrected chi connectivity index (χ1v) is 6.67. The van der Waals surface area contributed by atoms with Gasteiger partial charge in [0.2, 0.25) is 5.90 Å². The SMILES string of the molecule is CCOC1=NC[C@@H](c2c(F)cc(OC)cc2F)[C@@H]1NC(=O)O. The normalized spacial score (nSPS) is 20.5. The van der Waals surface area contributed by atoms with Crippen molar-refractivity contribution in [3.05, 3.63) is 29.3 Å². The van der Waals surface area contributed by atoms with Gasteiger partial charge in [0, 0.05) is 23.6 Å². The van der Waals surface area contributed by atoms with Crippen molar-refractivity contribution in [2.75, 3.05) is 20.3 Å². The number of hydrogen-bond acceptors (Lipinski definition) is 4. The van der Waals surface area contributed by atoms with Crippen molar-refractivity contribution < 1.29 is 28.2 Å². The molecule has 0 fully saturated rings. The Hall–Kier alpha value is -2.38. The third-order valence-corrected chi connectivity index (χ3v) is 3.34. The van der Waals surface area contributed by atoms with Gasteiger partial charge in [-0.2, -0.15) is 0 Å². The molecule has 1 amide bonds. The third-order valence-electron chi connectivity index (χ3n) is 3.34. The summed E-state index contributed by atoms with van der Waals surface area (Å²) < 4.78 is 38.4. The van der Waals surface area contributed by atoms with E-state index in [-0.39, 0.29) is 30.4 Å². The Morgan fingerprint density at radius 2 is 2.09 bits per heavy atom. The molecule has 6 nitrogen and oxygen atoms in total. The molecular weight excluding hydrogens is 298 g/mol. The van der Waals surface area contributed by atoms with Crippen LogP contribution in [0.3, 0.4) is 0 Å². The van der Waals surface area contributed by atoms with Crippen molar-refractivity contribution in [2.45, 2.75) is 18.9 Å². The first kappa shape index (κ1) is 16.0. The Balaban J connectivity index is 2.37. The van der Waals surface area contributed by atoms with Crippen LogP contribution in [0.4, 0.5) is 13.6 Å². The number of carboxylic acid groups (broad SMARTS) is 1. The molecule has 2 atom stereocenters. The van der Waals surface area contributed by atoms with E-state index in [9.17, 15) is 13.6 Å². The molecule has 22 heavy (non-hydrogen) atoms. The molecule has 0 bridgehead atoms. The van der Waals surface area contributed by atoms with Gasteiger partial charge in [-0.3, -0.25) is 4.99 Å². The van der Waals surface area contributed by atoms with Crippen LogP contribution in [0.25, 0.3) is 0 Å². The lowest BCUT2D eigenvalue weighted by Crippen LogP contribution is -2.43. The molecule has 0 saturated carbocycles. The number of halogens is 2. The molecule has 1 aliphatic rings. The van der Waals surface area contributed by atoms with E-state index in [1.54, 1.807) is 6.92 Å². The molecule has 1 aliphatic heterocycles. The summed E-state index contributed by atoms with van der Waals surface area (Å²) in [5.41, 5.74) is -0.238. The summed E-state index contributed by atoms with van der Waals surface area (Å²) in [6.07, 6.45) is -1.32. The Kier molecular flexibility index (Phi) is 4.79. The van der Waals surface area contributed by atoms with E-state index >= 15 is 0 Å². The number of methoxy groups -OCH3 is 1. The first-order valence-electron chi connectivity index (χ1n) is 6.67. The van der Waals surface area contributed by atoms with E-state index < -0.39 is 29.7 Å². The minimum absolute atomic E-state index is 0.0282. The van der Waals surface area contributed by atoms with Crippen molar-refractivity contribution >= 4 is 12.0 Å². The molecule has 0 unspecified atom stereocenters. The number of rotatable bonds is 4. The van der Waals surface area contributed by atoms with Gasteiger partial charge in [-0.05, 0) is 6.92 Å². The average molecular weight is 314 g/mol. The number of amides is 1. The minimum atomic E-state index is -1.32. The predicted octanol–water partition coefficient (Wildman–Crippen LogP) is 2.14. The highest BCUT2D eigenvalue weighted by molar-refractivity contribution is 5.88. The highest BCUT2D eigenvalue weighted by Crippen LogP contribution is 2.33. The Labute approximate surface area is 125 Å². The number of nitrogens with one attached hydrogen (secondary N) is 1. The number of nitrogens with zero attached hydrogens (tertiary/aromatic N) is 1. The lowest BCUT2D eigenvalue weighted by atomic mass is 9.92. The summed E-state index contributed by atoms with van der Waals surface area (Å²) in [5, 5.41) is 11.1. The molecule has 2 N–H and O–H groups in total. The molecule has 0 aliphatic carbocycles. The van der Waals surface area contributed by atoms with Crippen molar-refractivity contribution in [3.63, 3.8) is 0 Å². The smallest absolute Gasteiger partial charge is 0.405 e. The number of aliphatic imine (C=N–C) groups is 1. The van der Waals surface area contributed by atoms with E-state index in [0.29, 0.717) is 0 Å². The van der Waals surface area contributed by atoms with E-state index in [0.717, 1.165) is 12.1 Å². The highest BCUT2D eigenvalue weighted by atomic mass is 19.1. The van der Waals surface area contributed by atoms with Crippen LogP contribution in [0.2, 0.25) is 0 Å². The second-order valence-electron chi connectivity index (χ2n) is 4.65. The molecule has 0 radical (unpaired) electrons. The number of ether oxygens (including phenoxy) is 2. The zero-order chi connectivity index (χ0) is 16.3. The van der Waals surface area contributed by atoms with Crippen molar-refractivity contribution in [1.82, 2.24) is 5.32 Å². The van der Waals surface area contributed by atoms with Gasteiger partial charge in [-0.25, -0.2) is 13.6 Å². The predicted molar refractivity (Wildman–Crippen MR) is 74.5 cm³/mol. The zero-order valence-corrected chi connectivity index (χ0v) is 12.1. The van der Waals surface area contributed by atoms with E-state index in [1.807, 2.05) is 0 Å². The summed E-state index contributed by atoms with van der Waals surface area (Å²) in [6.45, 7) is 2.01. The van der Waals surface area contributed by atoms with Gasteiger partial charge in [0.15, 0.2) is 0 Å². The standard InChI is InChI=1S/C14H16F2N2O4/c1-3-22-13-12(18-14(19)20)8(6-17-13)11-9(15)4-7(21-2)5-10(11)16/h4-5,8,12,18H,3,6H2,1-2H3,(H,19,20)/t8-,12-/m0/s1. The van der Waals surface area contributed by atoms with Crippen LogP contribution in [0.1, 0.15) is 18.4 Å². The summed E-state index contributed by atoms with van der Waals surface area (Å²) in [5.74, 6) is -2.27. The fourth-order valence-electron chi connectivity index (χ4n) is 2.43. The van der Waals surface area contributed by atoms with Crippen LogP contribution in [-0.4, -0.2) is 43.4 Å². The second-order valence-corrected chi connectivity index (χ2v) is 4.65. The molecule has 1 aromatic carbocycles. The lowest BCUT2D eigenvalue weighted by molar-refractivity contribution is 0.189. The van der Waals surface area contributed by atoms with Crippen molar-refractivity contribution in [3.8, 4) is 5.75 Å². The van der Waals surface area contributed by atoms with Crippen LogP contribution in [0.15, 0.2) is 17.1 Å². The highest BCUT2D eigenvalue weighted by Gasteiger charge is 2.38. The maximum Gasteiger partial charge on any atom is 0.405 e. The van der Waals surface area contributed by atoms with E-state index in [4.69, 9.17) is 14.6 Å². The number of hydrogen-bond donors (Lipinski definition) is 2. The van der Waals surface area contributed by atoms with Gasteiger partial charge >= 0.3 is 6.09 Å². The molecule has 0 aromatic heterocycles. The fourth-order valence-corrected chi connectivity index (χ4v) is 2.43. The number of benzene rings is 1. The van der Waals surface area contributed by atoms with Gasteiger partial charge in [0.05, 0.1) is 20.3 Å². The maximum absolute atomic E-state index is 14.2. The van der Waals surface area contributed by atoms with E-state index in [2.05, 4.69) is 10.3 Å². The summed E-state index contributed by atoms with van der Waals surface area (Å²) >= 11 is 0. The second kappa shape index (κ2) is 6.59. The van der Waals surface area contributed by atoms with Gasteiger partial charge < -0.3 is 19.9 Å². The molecule has 2 rings (SSSR count). The van der Waals surface area contributed by atoms with Crippen LogP contribution in [-0.2, 0) is 4.74 Å². The summed E-state index contributed by atoms with van der Waals surface area (Å²) in [4.78, 5) is 15.0. The largest absolute Gasteiger partial charge is 0.497 e. The van der Waals surface area contributed by atoms with Gasteiger partial charge in [0.1, 0.15) is 23.4 Å². The zero-order valence-electron chi connectivity index (χ0n) is 12.1. The van der Waals surface area contributed by atoms with Crippen molar-refractivity contribution in [1.29, 1.82) is 0 Å². The molecule has 120 valence electrons. The van der Waals surface area contributed by atoms with Crippen LogP contribution >= 0.6 is 0 Å². The Bertz CT molecular complexity index is 584. The molecule has 0 spiro atoms. The molecule has 8 heteroatoms. The molecule has 1 aromatic rings. The number of carbonyl (C=O) groups is 1. The summed E-state index contributed by atoms with van der Waals surface area (Å²) in [6, 6.07) is 1.17. The lowest BCUT2D eigenvalue weighted by Gasteiger charge is -2.22. The average Bonchev–Trinajstić information content (AvgIpc) is 2.81. The quantitative estimate of drug-likeness (QED) is 0.892. The molecular formula is C14H16F2N2O4. The maximum atomic E-state index is 14.2. The Morgan fingerprint density at radius 3 is 2.59 bits per heavy atom. The molecule has 0 saturated heterocycles. The van der Waals surface area contributed by atoms with Crippen molar-refractivity contribution in [2.24, 2.45) is 4.99 Å². The van der Waals surface area contributed by atoms with Crippen LogP contribution < -0.4 is 10.1 Å². The van der Waals surface area contributed by atoms with Crippen LogP contribution in [0, 0.1) is 11.6 Å².